The minimum atomic E-state index is 0.0838. The SMILES string of the molecule is CCC(=O)/C=C/n1cncn1. The molecule has 4 nitrogen and oxygen atoms in total. The number of hydrogen-bond donors (Lipinski definition) is 0. The zero-order valence-corrected chi connectivity index (χ0v) is 6.27. The maximum absolute atomic E-state index is 10.8. The molecule has 0 aliphatic carbocycles. The van der Waals surface area contributed by atoms with Crippen molar-refractivity contribution in [2.45, 2.75) is 13.3 Å². The lowest BCUT2D eigenvalue weighted by molar-refractivity contribution is -0.114. The fraction of sp³-hybridized carbons (Fsp3) is 0.286. The predicted octanol–water partition coefficient (Wildman–Crippen LogP) is 0.728. The number of hydrogen-bond acceptors (Lipinski definition) is 3. The van der Waals surface area contributed by atoms with E-state index in [-0.39, 0.29) is 5.78 Å². The first-order valence-electron chi connectivity index (χ1n) is 3.38. The summed E-state index contributed by atoms with van der Waals surface area (Å²) >= 11 is 0. The average molecular weight is 151 g/mol. The lowest BCUT2D eigenvalue weighted by atomic mass is 10.3. The standard InChI is InChI=1S/C7H9N3O/c1-2-7(11)3-4-10-6-8-5-9-10/h3-6H,2H2,1H3/b4-3+. The van der Waals surface area contributed by atoms with E-state index in [9.17, 15) is 4.79 Å². The van der Waals surface area contributed by atoms with Crippen molar-refractivity contribution in [3.8, 4) is 0 Å². The van der Waals surface area contributed by atoms with Crippen molar-refractivity contribution in [2.75, 3.05) is 0 Å². The van der Waals surface area contributed by atoms with E-state index in [2.05, 4.69) is 10.1 Å². The van der Waals surface area contributed by atoms with E-state index in [0.29, 0.717) is 6.42 Å². The Kier molecular flexibility index (Phi) is 2.54. The summed E-state index contributed by atoms with van der Waals surface area (Å²) in [4.78, 5) is 14.5. The Morgan fingerprint density at radius 2 is 2.55 bits per heavy atom. The van der Waals surface area contributed by atoms with Crippen LogP contribution in [0.4, 0.5) is 0 Å². The average Bonchev–Trinajstić information content (AvgIpc) is 2.52. The Morgan fingerprint density at radius 1 is 1.73 bits per heavy atom. The molecule has 0 aliphatic rings. The van der Waals surface area contributed by atoms with Crippen molar-refractivity contribution in [2.24, 2.45) is 0 Å². The lowest BCUT2D eigenvalue weighted by Crippen LogP contribution is -1.91. The van der Waals surface area contributed by atoms with Crippen molar-refractivity contribution >= 4 is 12.0 Å². The molecule has 1 aromatic heterocycles. The van der Waals surface area contributed by atoms with Crippen LogP contribution in [0.5, 0.6) is 0 Å². The van der Waals surface area contributed by atoms with E-state index in [1.54, 1.807) is 6.20 Å². The van der Waals surface area contributed by atoms with Crippen LogP contribution in [0.2, 0.25) is 0 Å². The zero-order chi connectivity index (χ0) is 8.10. The van der Waals surface area contributed by atoms with Crippen LogP contribution < -0.4 is 0 Å². The minimum absolute atomic E-state index is 0.0838. The predicted molar refractivity (Wildman–Crippen MR) is 40.7 cm³/mol. The van der Waals surface area contributed by atoms with Gasteiger partial charge < -0.3 is 0 Å². The highest BCUT2D eigenvalue weighted by atomic mass is 16.1. The molecule has 0 atom stereocenters. The number of ketones is 1. The summed E-state index contributed by atoms with van der Waals surface area (Å²) in [6.07, 6.45) is 6.53. The van der Waals surface area contributed by atoms with E-state index in [0.717, 1.165) is 0 Å². The lowest BCUT2D eigenvalue weighted by Gasteiger charge is -1.86. The smallest absolute Gasteiger partial charge is 0.156 e. The molecule has 0 saturated carbocycles. The molecule has 0 N–H and O–H groups in total. The van der Waals surface area contributed by atoms with Crippen molar-refractivity contribution < 1.29 is 4.79 Å². The van der Waals surface area contributed by atoms with Gasteiger partial charge in [0.25, 0.3) is 0 Å². The van der Waals surface area contributed by atoms with Gasteiger partial charge in [0, 0.05) is 12.6 Å². The second-order valence-electron chi connectivity index (χ2n) is 2.01. The first-order valence-corrected chi connectivity index (χ1v) is 3.38. The van der Waals surface area contributed by atoms with Gasteiger partial charge in [-0.3, -0.25) is 4.79 Å². The molecule has 0 bridgehead atoms. The van der Waals surface area contributed by atoms with Gasteiger partial charge in [0.2, 0.25) is 0 Å². The van der Waals surface area contributed by atoms with Crippen LogP contribution in [0, 0.1) is 0 Å². The summed E-state index contributed by atoms with van der Waals surface area (Å²) in [5, 5.41) is 3.79. The van der Waals surface area contributed by atoms with Gasteiger partial charge in [-0.1, -0.05) is 6.92 Å². The van der Waals surface area contributed by atoms with Gasteiger partial charge in [-0.05, 0) is 6.08 Å². The molecule has 58 valence electrons. The molecule has 0 spiro atoms. The summed E-state index contributed by atoms with van der Waals surface area (Å²) in [5.41, 5.74) is 0. The van der Waals surface area contributed by atoms with Gasteiger partial charge in [0.05, 0.1) is 0 Å². The number of carbonyl (C=O) groups is 1. The van der Waals surface area contributed by atoms with Crippen molar-refractivity contribution in [3.63, 3.8) is 0 Å². The zero-order valence-electron chi connectivity index (χ0n) is 6.27. The Hall–Kier alpha value is -1.45. The second-order valence-corrected chi connectivity index (χ2v) is 2.01. The van der Waals surface area contributed by atoms with E-state index >= 15 is 0 Å². The van der Waals surface area contributed by atoms with E-state index < -0.39 is 0 Å². The summed E-state index contributed by atoms with van der Waals surface area (Å²) < 4.78 is 1.48. The third kappa shape index (κ3) is 2.33. The number of rotatable bonds is 3. The van der Waals surface area contributed by atoms with E-state index in [1.165, 1.54) is 23.4 Å². The molecule has 0 fully saturated rings. The van der Waals surface area contributed by atoms with Crippen LogP contribution >= 0.6 is 0 Å². The second kappa shape index (κ2) is 3.65. The van der Waals surface area contributed by atoms with Gasteiger partial charge in [-0.15, -0.1) is 0 Å². The highest BCUT2D eigenvalue weighted by Gasteiger charge is 1.88. The van der Waals surface area contributed by atoms with Crippen molar-refractivity contribution in [3.05, 3.63) is 18.7 Å². The number of nitrogens with zero attached hydrogens (tertiary/aromatic N) is 3. The molecular formula is C7H9N3O. The Balaban J connectivity index is 2.55. The van der Waals surface area contributed by atoms with Crippen LogP contribution in [0.1, 0.15) is 13.3 Å². The molecule has 0 amide bonds. The highest BCUT2D eigenvalue weighted by molar-refractivity contribution is 5.91. The van der Waals surface area contributed by atoms with Crippen LogP contribution in [0.25, 0.3) is 6.20 Å². The first-order chi connectivity index (χ1) is 5.33. The van der Waals surface area contributed by atoms with Gasteiger partial charge in [-0.2, -0.15) is 5.10 Å². The highest BCUT2D eigenvalue weighted by Crippen LogP contribution is 1.86. The van der Waals surface area contributed by atoms with Crippen LogP contribution in [0.3, 0.4) is 0 Å². The van der Waals surface area contributed by atoms with Crippen LogP contribution in [-0.2, 0) is 4.79 Å². The Bertz CT molecular complexity index is 251. The van der Waals surface area contributed by atoms with E-state index in [4.69, 9.17) is 0 Å². The molecule has 0 radical (unpaired) electrons. The van der Waals surface area contributed by atoms with Crippen molar-refractivity contribution in [1.82, 2.24) is 14.8 Å². The molecule has 0 unspecified atom stereocenters. The Morgan fingerprint density at radius 3 is 3.09 bits per heavy atom. The van der Waals surface area contributed by atoms with Crippen LogP contribution in [-0.4, -0.2) is 20.5 Å². The normalized spacial score (nSPS) is 10.6. The van der Waals surface area contributed by atoms with Gasteiger partial charge in [0.15, 0.2) is 5.78 Å². The molecule has 0 aliphatic heterocycles. The van der Waals surface area contributed by atoms with Gasteiger partial charge >= 0.3 is 0 Å². The molecule has 11 heavy (non-hydrogen) atoms. The first kappa shape index (κ1) is 7.65. The summed E-state index contributed by atoms with van der Waals surface area (Å²) in [6, 6.07) is 0. The van der Waals surface area contributed by atoms with Gasteiger partial charge in [0.1, 0.15) is 12.7 Å². The fourth-order valence-corrected chi connectivity index (χ4v) is 0.572. The summed E-state index contributed by atoms with van der Waals surface area (Å²) in [5.74, 6) is 0.0838. The number of aromatic nitrogens is 3. The fourth-order valence-electron chi connectivity index (χ4n) is 0.572. The molecule has 0 saturated heterocycles. The summed E-state index contributed by atoms with van der Waals surface area (Å²) in [6.45, 7) is 1.81. The molecule has 1 heterocycles. The molecule has 4 heteroatoms. The minimum Gasteiger partial charge on any atom is -0.295 e. The maximum atomic E-state index is 10.8. The quantitative estimate of drug-likeness (QED) is 0.598. The topological polar surface area (TPSA) is 47.8 Å². The Labute approximate surface area is 64.6 Å². The molecular weight excluding hydrogens is 142 g/mol. The molecule has 0 aromatic carbocycles. The number of allylic oxidation sites excluding steroid dienone is 1. The van der Waals surface area contributed by atoms with Crippen molar-refractivity contribution in [1.29, 1.82) is 0 Å². The molecule has 1 aromatic rings. The third-order valence-corrected chi connectivity index (χ3v) is 1.20. The van der Waals surface area contributed by atoms with E-state index in [1.807, 2.05) is 6.92 Å². The van der Waals surface area contributed by atoms with Gasteiger partial charge in [-0.25, -0.2) is 9.67 Å². The molecule has 1 rings (SSSR count). The maximum Gasteiger partial charge on any atom is 0.156 e. The summed E-state index contributed by atoms with van der Waals surface area (Å²) in [7, 11) is 0. The van der Waals surface area contributed by atoms with Crippen LogP contribution in [0.15, 0.2) is 18.7 Å². The third-order valence-electron chi connectivity index (χ3n) is 1.20. The largest absolute Gasteiger partial charge is 0.295 e. The monoisotopic (exact) mass is 151 g/mol. The number of carbonyl (C=O) groups excluding carboxylic acids is 1.